The average Bonchev–Trinajstić information content (AvgIpc) is 3.23. The summed E-state index contributed by atoms with van der Waals surface area (Å²) in [6, 6.07) is 11.7. The molecule has 0 atom stereocenters. The lowest BCUT2D eigenvalue weighted by atomic mass is 10.1. The molecule has 1 aromatic heterocycles. The van der Waals surface area contributed by atoms with Gasteiger partial charge in [0.05, 0.1) is 31.7 Å². The molecule has 3 rings (SSSR count). The molecule has 2 N–H and O–H groups in total. The van der Waals surface area contributed by atoms with E-state index < -0.39 is 5.91 Å². The largest absolute Gasteiger partial charge is 0.496 e. The number of furan rings is 1. The van der Waals surface area contributed by atoms with E-state index in [1.165, 1.54) is 20.5 Å². The van der Waals surface area contributed by atoms with Crippen LogP contribution in [0.25, 0.3) is 0 Å². The van der Waals surface area contributed by atoms with Crippen LogP contribution in [0.3, 0.4) is 0 Å². The molecule has 0 bridgehead atoms. The van der Waals surface area contributed by atoms with Gasteiger partial charge in [0.1, 0.15) is 11.5 Å². The number of methoxy groups -OCH3 is 2. The molecule has 1 heterocycles. The molecule has 0 saturated heterocycles. The molecule has 2 amide bonds. The van der Waals surface area contributed by atoms with Crippen molar-refractivity contribution in [2.24, 2.45) is 0 Å². The third-order valence-corrected chi connectivity index (χ3v) is 4.60. The molecule has 0 aliphatic carbocycles. The number of ether oxygens (including phenoxy) is 2. The van der Waals surface area contributed by atoms with E-state index in [9.17, 15) is 9.59 Å². The van der Waals surface area contributed by atoms with E-state index in [-0.39, 0.29) is 11.7 Å². The summed E-state index contributed by atoms with van der Waals surface area (Å²) in [5, 5.41) is 5.53. The predicted octanol–water partition coefficient (Wildman–Crippen LogP) is 4.87. The quantitative estimate of drug-likeness (QED) is 0.549. The lowest BCUT2D eigenvalue weighted by Crippen LogP contribution is -2.15. The van der Waals surface area contributed by atoms with Crippen LogP contribution >= 0.6 is 15.9 Å². The molecular weight excluding hydrogens is 440 g/mol. The first-order chi connectivity index (χ1) is 13.9. The fraction of sp³-hybridized carbons (Fsp3) is 0.143. The van der Waals surface area contributed by atoms with Crippen molar-refractivity contribution < 1.29 is 23.5 Å². The third kappa shape index (κ3) is 4.60. The summed E-state index contributed by atoms with van der Waals surface area (Å²) in [5.41, 5.74) is 2.18. The van der Waals surface area contributed by atoms with Crippen LogP contribution in [0.15, 0.2) is 57.6 Å². The number of carbonyl (C=O) groups is 2. The number of halogens is 1. The molecule has 0 aliphatic heterocycles. The molecule has 3 aromatic rings. The fourth-order valence-corrected chi connectivity index (χ4v) is 3.40. The molecule has 0 radical (unpaired) electrons. The van der Waals surface area contributed by atoms with E-state index in [2.05, 4.69) is 26.6 Å². The maximum atomic E-state index is 12.8. The minimum absolute atomic E-state index is 0.182. The minimum Gasteiger partial charge on any atom is -0.496 e. The van der Waals surface area contributed by atoms with Crippen molar-refractivity contribution in [1.82, 2.24) is 0 Å². The molecular formula is C21H19BrN2O5. The molecule has 29 heavy (non-hydrogen) atoms. The Labute approximate surface area is 176 Å². The lowest BCUT2D eigenvalue weighted by molar-refractivity contribution is 0.0993. The van der Waals surface area contributed by atoms with Crippen molar-refractivity contribution >= 4 is 39.1 Å². The molecule has 0 spiro atoms. The lowest BCUT2D eigenvalue weighted by Gasteiger charge is -2.14. The van der Waals surface area contributed by atoms with Crippen LogP contribution < -0.4 is 20.1 Å². The average molecular weight is 459 g/mol. The highest BCUT2D eigenvalue weighted by Gasteiger charge is 2.17. The Morgan fingerprint density at radius 1 is 1.00 bits per heavy atom. The second kappa shape index (κ2) is 8.83. The molecule has 0 fully saturated rings. The van der Waals surface area contributed by atoms with Crippen molar-refractivity contribution in [3.05, 3.63) is 70.1 Å². The second-order valence-electron chi connectivity index (χ2n) is 6.10. The highest BCUT2D eigenvalue weighted by molar-refractivity contribution is 9.10. The van der Waals surface area contributed by atoms with Crippen LogP contribution in [0.4, 0.5) is 11.4 Å². The van der Waals surface area contributed by atoms with Crippen LogP contribution in [-0.2, 0) is 0 Å². The minimum atomic E-state index is -0.403. The zero-order valence-corrected chi connectivity index (χ0v) is 17.6. The van der Waals surface area contributed by atoms with E-state index in [0.717, 1.165) is 10.0 Å². The Bertz CT molecular complexity index is 1050. The summed E-state index contributed by atoms with van der Waals surface area (Å²) >= 11 is 3.40. The van der Waals surface area contributed by atoms with Crippen molar-refractivity contribution in [1.29, 1.82) is 0 Å². The van der Waals surface area contributed by atoms with Gasteiger partial charge < -0.3 is 24.5 Å². The number of hydrogen-bond acceptors (Lipinski definition) is 5. The number of carbonyl (C=O) groups excluding carboxylic acids is 2. The van der Waals surface area contributed by atoms with E-state index in [0.29, 0.717) is 28.4 Å². The molecule has 0 saturated carbocycles. The summed E-state index contributed by atoms with van der Waals surface area (Å²) in [5.74, 6) is 0.335. The van der Waals surface area contributed by atoms with Crippen molar-refractivity contribution in [2.75, 3.05) is 24.9 Å². The van der Waals surface area contributed by atoms with E-state index in [1.807, 2.05) is 13.0 Å². The number of hydrogen-bond donors (Lipinski definition) is 2. The first-order valence-electron chi connectivity index (χ1n) is 8.61. The van der Waals surface area contributed by atoms with Gasteiger partial charge in [0.15, 0.2) is 5.76 Å². The highest BCUT2D eigenvalue weighted by atomic mass is 79.9. The summed E-state index contributed by atoms with van der Waals surface area (Å²) in [6.07, 6.45) is 1.42. The number of benzene rings is 2. The maximum Gasteiger partial charge on any atom is 0.291 e. The summed E-state index contributed by atoms with van der Waals surface area (Å²) in [4.78, 5) is 25.0. The zero-order valence-electron chi connectivity index (χ0n) is 16.0. The van der Waals surface area contributed by atoms with Gasteiger partial charge in [-0.3, -0.25) is 9.59 Å². The first-order valence-corrected chi connectivity index (χ1v) is 9.40. The van der Waals surface area contributed by atoms with Gasteiger partial charge in [-0.1, -0.05) is 15.9 Å². The molecule has 8 heteroatoms. The third-order valence-electron chi connectivity index (χ3n) is 4.14. The first kappa shape index (κ1) is 20.5. The van der Waals surface area contributed by atoms with Crippen LogP contribution in [0, 0.1) is 6.92 Å². The Balaban J connectivity index is 1.82. The topological polar surface area (TPSA) is 89.8 Å². The van der Waals surface area contributed by atoms with Crippen molar-refractivity contribution in [2.45, 2.75) is 6.92 Å². The Hall–Kier alpha value is -3.26. The normalized spacial score (nSPS) is 10.3. The fourth-order valence-electron chi connectivity index (χ4n) is 2.83. The number of nitrogens with one attached hydrogen (secondary N) is 2. The van der Waals surface area contributed by atoms with Crippen LogP contribution in [0.1, 0.15) is 26.5 Å². The maximum absolute atomic E-state index is 12.8. The molecule has 150 valence electrons. The van der Waals surface area contributed by atoms with Gasteiger partial charge in [0, 0.05) is 16.2 Å². The molecule has 2 aromatic carbocycles. The Morgan fingerprint density at radius 2 is 1.79 bits per heavy atom. The van der Waals surface area contributed by atoms with Crippen LogP contribution in [0.5, 0.6) is 11.5 Å². The van der Waals surface area contributed by atoms with Crippen molar-refractivity contribution in [3.8, 4) is 11.5 Å². The highest BCUT2D eigenvalue weighted by Crippen LogP contribution is 2.31. The van der Waals surface area contributed by atoms with Gasteiger partial charge in [-0.15, -0.1) is 0 Å². The Morgan fingerprint density at radius 3 is 2.45 bits per heavy atom. The van der Waals surface area contributed by atoms with Gasteiger partial charge in [-0.25, -0.2) is 0 Å². The van der Waals surface area contributed by atoms with Gasteiger partial charge in [0.2, 0.25) is 0 Å². The summed E-state index contributed by atoms with van der Waals surface area (Å²) in [7, 11) is 3.00. The van der Waals surface area contributed by atoms with Crippen LogP contribution in [0.2, 0.25) is 0 Å². The van der Waals surface area contributed by atoms with E-state index in [1.54, 1.807) is 36.4 Å². The summed E-state index contributed by atoms with van der Waals surface area (Å²) in [6.45, 7) is 1.86. The van der Waals surface area contributed by atoms with Gasteiger partial charge in [-0.05, 0) is 48.9 Å². The zero-order chi connectivity index (χ0) is 21.0. The van der Waals surface area contributed by atoms with E-state index >= 15 is 0 Å². The van der Waals surface area contributed by atoms with E-state index in [4.69, 9.17) is 13.9 Å². The monoisotopic (exact) mass is 458 g/mol. The molecule has 0 unspecified atom stereocenters. The smallest absolute Gasteiger partial charge is 0.291 e. The SMILES string of the molecule is COc1cc(NC(=O)c2cc(Br)cc(C)c2OC)ccc1NC(=O)c1ccco1. The summed E-state index contributed by atoms with van der Waals surface area (Å²) < 4.78 is 16.6. The Kier molecular flexibility index (Phi) is 6.23. The predicted molar refractivity (Wildman–Crippen MR) is 113 cm³/mol. The second-order valence-corrected chi connectivity index (χ2v) is 7.02. The van der Waals surface area contributed by atoms with Crippen molar-refractivity contribution in [3.63, 3.8) is 0 Å². The van der Waals surface area contributed by atoms with Gasteiger partial charge in [-0.2, -0.15) is 0 Å². The number of aryl methyl sites for hydroxylation is 1. The number of anilines is 2. The standard InChI is InChI=1S/C21H19BrN2O5/c1-12-9-13(22)10-15(19(12)28-3)20(25)23-14-6-7-16(18(11-14)27-2)24-21(26)17-5-4-8-29-17/h4-11H,1-3H3,(H,23,25)(H,24,26). The van der Waals surface area contributed by atoms with Gasteiger partial charge >= 0.3 is 0 Å². The number of rotatable bonds is 6. The molecule has 0 aliphatic rings. The van der Waals surface area contributed by atoms with Crippen LogP contribution in [-0.4, -0.2) is 26.0 Å². The molecule has 7 nitrogen and oxygen atoms in total. The van der Waals surface area contributed by atoms with Gasteiger partial charge in [0.25, 0.3) is 11.8 Å². The number of amides is 2.